The molecule has 0 bridgehead atoms. The van der Waals surface area contributed by atoms with Crippen LogP contribution in [0.25, 0.3) is 0 Å². The lowest BCUT2D eigenvalue weighted by Gasteiger charge is -2.37. The normalized spacial score (nSPS) is 26.7. The Bertz CT molecular complexity index is 353. The summed E-state index contributed by atoms with van der Waals surface area (Å²) >= 11 is 0. The fourth-order valence-electron chi connectivity index (χ4n) is 2.01. The van der Waals surface area contributed by atoms with Crippen molar-refractivity contribution in [3.63, 3.8) is 0 Å². The monoisotopic (exact) mass is 257 g/mol. The van der Waals surface area contributed by atoms with Gasteiger partial charge in [0.25, 0.3) is 10.0 Å². The molecule has 0 aliphatic carbocycles. The molecule has 0 aromatic carbocycles. The summed E-state index contributed by atoms with van der Waals surface area (Å²) in [4.78, 5) is 0. The van der Waals surface area contributed by atoms with Gasteiger partial charge in [-0.05, 0) is 6.42 Å². The maximum Gasteiger partial charge on any atom is 0.350 e. The van der Waals surface area contributed by atoms with Crippen molar-refractivity contribution in [2.75, 3.05) is 26.3 Å². The average Bonchev–Trinajstić information content (AvgIpc) is 2.66. The Morgan fingerprint density at radius 2 is 1.88 bits per heavy atom. The largest absolute Gasteiger partial charge is 0.350 e. The van der Waals surface area contributed by atoms with Crippen molar-refractivity contribution in [2.45, 2.75) is 24.4 Å². The zero-order valence-corrected chi connectivity index (χ0v) is 9.38. The summed E-state index contributed by atoms with van der Waals surface area (Å²) in [6, 6.07) is 0. The Balaban J connectivity index is 2.13. The number of halogens is 2. The molecular weight excluding hydrogens is 244 g/mol. The number of hydrogen-bond donors (Lipinski definition) is 0. The van der Waals surface area contributed by atoms with Crippen LogP contribution in [0.5, 0.6) is 0 Å². The summed E-state index contributed by atoms with van der Waals surface area (Å²) in [5.41, 5.74) is 0. The van der Waals surface area contributed by atoms with Crippen molar-refractivity contribution in [3.8, 4) is 0 Å². The molecule has 2 saturated heterocycles. The number of sulfonamides is 1. The van der Waals surface area contributed by atoms with Gasteiger partial charge in [-0.1, -0.05) is 0 Å². The molecular formula is C8H13F2NO4S. The zero-order chi connectivity index (χ0) is 11.8. The highest BCUT2D eigenvalue weighted by molar-refractivity contribution is 7.89. The van der Waals surface area contributed by atoms with E-state index in [-0.39, 0.29) is 13.1 Å². The lowest BCUT2D eigenvalue weighted by atomic mass is 10.1. The van der Waals surface area contributed by atoms with Crippen LogP contribution >= 0.6 is 0 Å². The number of piperidine rings is 1. The summed E-state index contributed by atoms with van der Waals surface area (Å²) in [7, 11) is -4.52. The predicted molar refractivity (Wildman–Crippen MR) is 50.4 cm³/mol. The van der Waals surface area contributed by atoms with Crippen molar-refractivity contribution >= 4 is 10.0 Å². The van der Waals surface area contributed by atoms with Crippen LogP contribution < -0.4 is 0 Å². The molecule has 0 aromatic rings. The molecule has 2 aliphatic rings. The lowest BCUT2D eigenvalue weighted by Crippen LogP contribution is -2.52. The van der Waals surface area contributed by atoms with E-state index in [4.69, 9.17) is 9.47 Å². The Morgan fingerprint density at radius 1 is 1.25 bits per heavy atom. The summed E-state index contributed by atoms with van der Waals surface area (Å²) < 4.78 is 58.7. The van der Waals surface area contributed by atoms with Crippen LogP contribution in [-0.2, 0) is 19.5 Å². The van der Waals surface area contributed by atoms with Crippen molar-refractivity contribution in [3.05, 3.63) is 0 Å². The van der Waals surface area contributed by atoms with Gasteiger partial charge in [-0.25, -0.2) is 8.42 Å². The number of alkyl halides is 2. The van der Waals surface area contributed by atoms with Crippen LogP contribution in [0.1, 0.15) is 12.8 Å². The molecule has 0 saturated carbocycles. The molecule has 0 N–H and O–H groups in total. The SMILES string of the molecule is O=S(=O)(C(F)F)N1CCCC2(C1)OCCO2. The first-order valence-corrected chi connectivity index (χ1v) is 6.52. The molecule has 0 radical (unpaired) electrons. The minimum Gasteiger partial charge on any atom is -0.346 e. The Kier molecular flexibility index (Phi) is 3.17. The third kappa shape index (κ3) is 2.06. The Hall–Kier alpha value is -0.310. The number of hydrogen-bond acceptors (Lipinski definition) is 4. The smallest absolute Gasteiger partial charge is 0.346 e. The van der Waals surface area contributed by atoms with E-state index in [1.54, 1.807) is 0 Å². The van der Waals surface area contributed by atoms with Gasteiger partial charge >= 0.3 is 5.76 Å². The van der Waals surface area contributed by atoms with E-state index < -0.39 is 21.6 Å². The molecule has 8 heteroatoms. The molecule has 0 atom stereocenters. The average molecular weight is 257 g/mol. The van der Waals surface area contributed by atoms with Crippen LogP contribution in [-0.4, -0.2) is 50.6 Å². The van der Waals surface area contributed by atoms with Crippen molar-refractivity contribution in [1.29, 1.82) is 0 Å². The van der Waals surface area contributed by atoms with Crippen molar-refractivity contribution < 1.29 is 26.7 Å². The van der Waals surface area contributed by atoms with Crippen LogP contribution in [0, 0.1) is 0 Å². The summed E-state index contributed by atoms with van der Waals surface area (Å²) in [5.74, 6) is -4.38. The topological polar surface area (TPSA) is 55.8 Å². The molecule has 0 amide bonds. The van der Waals surface area contributed by atoms with Gasteiger partial charge in [0.05, 0.1) is 19.8 Å². The fraction of sp³-hybridized carbons (Fsp3) is 1.00. The van der Waals surface area contributed by atoms with Gasteiger partial charge in [0.1, 0.15) is 0 Å². The third-order valence-electron chi connectivity index (χ3n) is 2.78. The first kappa shape index (κ1) is 12.2. The minimum absolute atomic E-state index is 0.0984. The molecule has 16 heavy (non-hydrogen) atoms. The number of rotatable bonds is 2. The number of ether oxygens (including phenoxy) is 2. The molecule has 2 heterocycles. The second-order valence-corrected chi connectivity index (χ2v) is 5.75. The maximum absolute atomic E-state index is 12.4. The lowest BCUT2D eigenvalue weighted by molar-refractivity contribution is -0.179. The highest BCUT2D eigenvalue weighted by Gasteiger charge is 2.46. The van der Waals surface area contributed by atoms with E-state index in [1.807, 2.05) is 0 Å². The Morgan fingerprint density at radius 3 is 2.44 bits per heavy atom. The fourth-order valence-corrected chi connectivity index (χ4v) is 3.00. The quantitative estimate of drug-likeness (QED) is 0.717. The van der Waals surface area contributed by atoms with E-state index in [0.717, 1.165) is 4.31 Å². The van der Waals surface area contributed by atoms with E-state index >= 15 is 0 Å². The van der Waals surface area contributed by atoms with Gasteiger partial charge in [-0.3, -0.25) is 0 Å². The molecule has 5 nitrogen and oxygen atoms in total. The van der Waals surface area contributed by atoms with E-state index in [9.17, 15) is 17.2 Å². The van der Waals surface area contributed by atoms with Crippen molar-refractivity contribution in [2.24, 2.45) is 0 Å². The van der Waals surface area contributed by atoms with Crippen LogP contribution in [0.15, 0.2) is 0 Å². The van der Waals surface area contributed by atoms with Gasteiger partial charge in [0.2, 0.25) is 0 Å². The second-order valence-electron chi connectivity index (χ2n) is 3.85. The predicted octanol–water partition coefficient (Wildman–Crippen LogP) is 0.378. The highest BCUT2D eigenvalue weighted by atomic mass is 32.2. The molecule has 0 unspecified atom stereocenters. The minimum atomic E-state index is -4.52. The van der Waals surface area contributed by atoms with E-state index in [0.29, 0.717) is 26.1 Å². The van der Waals surface area contributed by atoms with Crippen LogP contribution in [0.3, 0.4) is 0 Å². The third-order valence-corrected chi connectivity index (χ3v) is 4.26. The second kappa shape index (κ2) is 4.17. The summed E-state index contributed by atoms with van der Waals surface area (Å²) in [6.45, 7) is 0.714. The first-order chi connectivity index (χ1) is 7.46. The highest BCUT2D eigenvalue weighted by Crippen LogP contribution is 2.32. The summed E-state index contributed by atoms with van der Waals surface area (Å²) in [6.07, 6.45) is 1.01. The van der Waals surface area contributed by atoms with Gasteiger partial charge in [-0.15, -0.1) is 0 Å². The molecule has 1 spiro atoms. The standard InChI is InChI=1S/C8H13F2NO4S/c9-7(10)16(12,13)11-3-1-2-8(6-11)14-4-5-15-8/h7H,1-6H2. The first-order valence-electron chi connectivity index (χ1n) is 5.01. The Labute approximate surface area is 92.4 Å². The zero-order valence-electron chi connectivity index (χ0n) is 8.56. The van der Waals surface area contributed by atoms with Gasteiger partial charge in [0, 0.05) is 13.0 Å². The van der Waals surface area contributed by atoms with E-state index in [1.165, 1.54) is 0 Å². The molecule has 0 aromatic heterocycles. The van der Waals surface area contributed by atoms with Gasteiger partial charge in [-0.2, -0.15) is 13.1 Å². The van der Waals surface area contributed by atoms with Crippen LogP contribution in [0.2, 0.25) is 0 Å². The molecule has 2 rings (SSSR count). The molecule has 2 aliphatic heterocycles. The summed E-state index contributed by atoms with van der Waals surface area (Å²) in [5, 5.41) is 0. The van der Waals surface area contributed by atoms with Crippen LogP contribution in [0.4, 0.5) is 8.78 Å². The maximum atomic E-state index is 12.4. The van der Waals surface area contributed by atoms with E-state index in [2.05, 4.69) is 0 Å². The molecule has 2 fully saturated rings. The number of nitrogens with zero attached hydrogens (tertiary/aromatic N) is 1. The van der Waals surface area contributed by atoms with Crippen molar-refractivity contribution in [1.82, 2.24) is 4.31 Å². The van der Waals surface area contributed by atoms with Gasteiger partial charge < -0.3 is 9.47 Å². The van der Waals surface area contributed by atoms with Gasteiger partial charge in [0.15, 0.2) is 5.79 Å². The molecule has 94 valence electrons.